The predicted octanol–water partition coefficient (Wildman–Crippen LogP) is 3.13. The van der Waals surface area contributed by atoms with Gasteiger partial charge in [0.1, 0.15) is 11.0 Å². The van der Waals surface area contributed by atoms with E-state index in [4.69, 9.17) is 4.74 Å². The molecule has 0 spiro atoms. The van der Waals surface area contributed by atoms with Crippen molar-refractivity contribution in [2.75, 3.05) is 0 Å². The summed E-state index contributed by atoms with van der Waals surface area (Å²) < 4.78 is 6.96. The lowest BCUT2D eigenvalue weighted by atomic mass is 9.80. The molecule has 2 aliphatic heterocycles. The van der Waals surface area contributed by atoms with E-state index >= 15 is 0 Å². The van der Waals surface area contributed by atoms with Gasteiger partial charge in [-0.2, -0.15) is 0 Å². The minimum absolute atomic E-state index is 0.204. The Bertz CT molecular complexity index is 1170. The number of fused-ring (bicyclic) bond motifs is 5. The third-order valence-electron chi connectivity index (χ3n) is 4.99. The van der Waals surface area contributed by atoms with Crippen LogP contribution in [0.3, 0.4) is 0 Å². The Labute approximate surface area is 167 Å². The first-order valence-corrected chi connectivity index (χ1v) is 10.3. The Balaban J connectivity index is 1.79. The van der Waals surface area contributed by atoms with Crippen molar-refractivity contribution in [1.29, 1.82) is 0 Å². The number of nitrogens with zero attached hydrogens (tertiary/aromatic N) is 1. The standard InChI is InChI=1S/C20H13NO5S2/c22-18(23)16-14-13(11-8-4-5-9-12(11)26-19(14)24)15-17(27-16)21(20(25)28-15)10-6-2-1-3-7-10/h1-9,13-14,16H,(H,22,23)/t13-,14-,16-/m0/s1. The number of esters is 1. The second-order valence-corrected chi connectivity index (χ2v) is 8.67. The normalized spacial score (nSPS) is 22.6. The fourth-order valence-corrected chi connectivity index (χ4v) is 6.50. The van der Waals surface area contributed by atoms with Gasteiger partial charge in [0.25, 0.3) is 0 Å². The lowest BCUT2D eigenvalue weighted by Crippen LogP contribution is -2.44. The van der Waals surface area contributed by atoms with Gasteiger partial charge in [-0.1, -0.05) is 59.5 Å². The molecule has 0 fully saturated rings. The van der Waals surface area contributed by atoms with E-state index in [0.29, 0.717) is 21.3 Å². The smallest absolute Gasteiger partial charge is 0.317 e. The highest BCUT2D eigenvalue weighted by Crippen LogP contribution is 2.54. The molecule has 1 aromatic heterocycles. The van der Waals surface area contributed by atoms with Gasteiger partial charge in [-0.15, -0.1) is 0 Å². The average Bonchev–Trinajstić information content (AvgIpc) is 3.03. The molecule has 0 saturated carbocycles. The van der Waals surface area contributed by atoms with Gasteiger partial charge in [-0.05, 0) is 18.2 Å². The number of carbonyl (C=O) groups excluding carboxylic acids is 1. The molecule has 6 nitrogen and oxygen atoms in total. The lowest BCUT2D eigenvalue weighted by Gasteiger charge is -2.37. The zero-order valence-electron chi connectivity index (χ0n) is 14.3. The number of thioether (sulfide) groups is 1. The molecule has 0 radical (unpaired) electrons. The zero-order chi connectivity index (χ0) is 19.4. The summed E-state index contributed by atoms with van der Waals surface area (Å²) in [6.07, 6.45) is 0. The van der Waals surface area contributed by atoms with Crippen molar-refractivity contribution in [3.8, 4) is 11.4 Å². The van der Waals surface area contributed by atoms with Crippen LogP contribution in [0, 0.1) is 5.92 Å². The summed E-state index contributed by atoms with van der Waals surface area (Å²) in [6, 6.07) is 16.2. The van der Waals surface area contributed by atoms with Crippen LogP contribution in [0.4, 0.5) is 0 Å². The number of aromatic nitrogens is 1. The maximum absolute atomic E-state index is 12.9. The number of ether oxygens (including phenoxy) is 1. The Morgan fingerprint density at radius 2 is 1.75 bits per heavy atom. The molecule has 28 heavy (non-hydrogen) atoms. The summed E-state index contributed by atoms with van der Waals surface area (Å²) in [5, 5.41) is 9.37. The van der Waals surface area contributed by atoms with E-state index in [2.05, 4.69) is 0 Å². The fourth-order valence-electron chi connectivity index (χ4n) is 3.82. The number of para-hydroxylation sites is 2. The molecule has 0 amide bonds. The number of hydrogen-bond donors (Lipinski definition) is 1. The van der Waals surface area contributed by atoms with E-state index in [1.165, 1.54) is 0 Å². The van der Waals surface area contributed by atoms with Crippen LogP contribution in [0.25, 0.3) is 5.69 Å². The Hall–Kier alpha value is -2.84. The van der Waals surface area contributed by atoms with E-state index in [1.54, 1.807) is 28.8 Å². The molecule has 8 heteroatoms. The molecule has 2 aliphatic rings. The first kappa shape index (κ1) is 17.3. The number of aliphatic carboxylic acids is 1. The highest BCUT2D eigenvalue weighted by molar-refractivity contribution is 8.00. The lowest BCUT2D eigenvalue weighted by molar-refractivity contribution is -0.147. The minimum atomic E-state index is -1.10. The van der Waals surface area contributed by atoms with E-state index in [-0.39, 0.29) is 4.87 Å². The first-order valence-electron chi connectivity index (χ1n) is 8.57. The summed E-state index contributed by atoms with van der Waals surface area (Å²) in [5.41, 5.74) is 1.41. The Kier molecular flexibility index (Phi) is 3.92. The molecule has 2 aromatic carbocycles. The fraction of sp³-hybridized carbons (Fsp3) is 0.150. The second-order valence-electron chi connectivity index (χ2n) is 6.55. The monoisotopic (exact) mass is 411 g/mol. The highest BCUT2D eigenvalue weighted by atomic mass is 32.2. The number of carboxylic acid groups (broad SMARTS) is 1. The summed E-state index contributed by atoms with van der Waals surface area (Å²) in [4.78, 5) is 38.1. The van der Waals surface area contributed by atoms with Crippen LogP contribution < -0.4 is 9.61 Å². The van der Waals surface area contributed by atoms with Crippen LogP contribution >= 0.6 is 23.1 Å². The van der Waals surface area contributed by atoms with Crippen LogP contribution in [-0.4, -0.2) is 26.9 Å². The van der Waals surface area contributed by atoms with Crippen molar-refractivity contribution < 1.29 is 19.4 Å². The number of carboxylic acids is 1. The topological polar surface area (TPSA) is 85.6 Å². The molecule has 0 bridgehead atoms. The first-order chi connectivity index (χ1) is 13.6. The van der Waals surface area contributed by atoms with Crippen LogP contribution in [0.2, 0.25) is 0 Å². The number of thiazole rings is 1. The maximum atomic E-state index is 12.9. The predicted molar refractivity (Wildman–Crippen MR) is 105 cm³/mol. The molecule has 3 atom stereocenters. The van der Waals surface area contributed by atoms with Crippen molar-refractivity contribution in [2.24, 2.45) is 5.92 Å². The third-order valence-corrected chi connectivity index (χ3v) is 7.52. The van der Waals surface area contributed by atoms with Gasteiger partial charge in [0.2, 0.25) is 0 Å². The van der Waals surface area contributed by atoms with Crippen molar-refractivity contribution in [3.05, 3.63) is 74.7 Å². The van der Waals surface area contributed by atoms with Gasteiger partial charge in [-0.3, -0.25) is 19.0 Å². The molecule has 0 saturated heterocycles. The van der Waals surface area contributed by atoms with Crippen LogP contribution in [0.1, 0.15) is 16.4 Å². The summed E-state index contributed by atoms with van der Waals surface area (Å²) in [6.45, 7) is 0. The summed E-state index contributed by atoms with van der Waals surface area (Å²) in [7, 11) is 0. The molecule has 0 aliphatic carbocycles. The molecule has 5 rings (SSSR count). The second kappa shape index (κ2) is 6.35. The largest absolute Gasteiger partial charge is 0.480 e. The summed E-state index contributed by atoms with van der Waals surface area (Å²) >= 11 is 2.11. The van der Waals surface area contributed by atoms with E-state index in [1.807, 2.05) is 30.3 Å². The minimum Gasteiger partial charge on any atom is -0.480 e. The van der Waals surface area contributed by atoms with Gasteiger partial charge < -0.3 is 9.84 Å². The molecular weight excluding hydrogens is 398 g/mol. The van der Waals surface area contributed by atoms with Crippen LogP contribution in [0.15, 0.2) is 64.4 Å². The van der Waals surface area contributed by atoms with Gasteiger partial charge in [-0.25, -0.2) is 0 Å². The van der Waals surface area contributed by atoms with E-state index in [0.717, 1.165) is 28.7 Å². The maximum Gasteiger partial charge on any atom is 0.317 e. The Morgan fingerprint density at radius 3 is 2.50 bits per heavy atom. The number of benzene rings is 2. The van der Waals surface area contributed by atoms with Crippen LogP contribution in [-0.2, 0) is 9.59 Å². The quantitative estimate of drug-likeness (QED) is 0.515. The Morgan fingerprint density at radius 1 is 1.04 bits per heavy atom. The van der Waals surface area contributed by atoms with Crippen molar-refractivity contribution in [2.45, 2.75) is 16.2 Å². The van der Waals surface area contributed by atoms with Gasteiger partial charge in [0.05, 0.1) is 16.6 Å². The van der Waals surface area contributed by atoms with E-state index < -0.39 is 29.0 Å². The van der Waals surface area contributed by atoms with Gasteiger partial charge >= 0.3 is 16.8 Å². The summed E-state index contributed by atoms with van der Waals surface area (Å²) in [5.74, 6) is -2.64. The molecular formula is C20H13NO5S2. The molecule has 3 aromatic rings. The van der Waals surface area contributed by atoms with Gasteiger partial charge in [0, 0.05) is 16.4 Å². The SMILES string of the molecule is O=C1Oc2ccccc2[C@@H]2c3sc(=O)n(-c4ccccc4)c3S[C@H](C(=O)O)[C@@H]12. The number of carbonyl (C=O) groups is 2. The van der Waals surface area contributed by atoms with Gasteiger partial charge in [0.15, 0.2) is 0 Å². The van der Waals surface area contributed by atoms with Crippen molar-refractivity contribution in [1.82, 2.24) is 4.57 Å². The molecule has 1 N–H and O–H groups in total. The van der Waals surface area contributed by atoms with Crippen molar-refractivity contribution >= 4 is 35.0 Å². The number of rotatable bonds is 2. The zero-order valence-corrected chi connectivity index (χ0v) is 15.9. The number of hydrogen-bond acceptors (Lipinski definition) is 6. The van der Waals surface area contributed by atoms with E-state index in [9.17, 15) is 19.5 Å². The molecule has 0 unspecified atom stereocenters. The average molecular weight is 411 g/mol. The van der Waals surface area contributed by atoms with Crippen LogP contribution in [0.5, 0.6) is 5.75 Å². The third kappa shape index (κ3) is 2.45. The molecule has 3 heterocycles. The highest BCUT2D eigenvalue weighted by Gasteiger charge is 2.52. The molecule has 140 valence electrons. The van der Waals surface area contributed by atoms with Crippen molar-refractivity contribution in [3.63, 3.8) is 0 Å².